The van der Waals surface area contributed by atoms with Crippen LogP contribution in [0, 0.1) is 17.9 Å². The molecule has 1 N–H and O–H groups in total. The molecule has 6 aliphatic rings. The number of sulfonamides is 1. The van der Waals surface area contributed by atoms with Crippen LogP contribution in [0.5, 0.6) is 0 Å². The van der Waals surface area contributed by atoms with E-state index in [1.54, 1.807) is 32.3 Å². The number of anilines is 2. The Bertz CT molecular complexity index is 2420. The van der Waals surface area contributed by atoms with Crippen molar-refractivity contribution in [1.82, 2.24) is 49.1 Å². The molecule has 0 spiro atoms. The summed E-state index contributed by atoms with van der Waals surface area (Å²) in [5.41, 5.74) is 2.59. The van der Waals surface area contributed by atoms with E-state index >= 15 is 0 Å². The van der Waals surface area contributed by atoms with Gasteiger partial charge < -0.3 is 15.1 Å². The Hall–Kier alpha value is -4.44. The minimum Gasteiger partial charge on any atom is -0.359 e. The van der Waals surface area contributed by atoms with Crippen LogP contribution in [0.25, 0.3) is 27.6 Å². The zero-order valence-electron chi connectivity index (χ0n) is 30.5. The van der Waals surface area contributed by atoms with Crippen LogP contribution in [0.1, 0.15) is 44.1 Å². The van der Waals surface area contributed by atoms with Crippen LogP contribution in [0.15, 0.2) is 37.2 Å². The molecule has 0 radical (unpaired) electrons. The predicted molar refractivity (Wildman–Crippen MR) is 210 cm³/mol. The third kappa shape index (κ3) is 8.04. The molecule has 6 fully saturated rings. The number of rotatable bonds is 7. The van der Waals surface area contributed by atoms with Gasteiger partial charge in [0.15, 0.2) is 17.5 Å². The van der Waals surface area contributed by atoms with Crippen molar-refractivity contribution in [2.24, 2.45) is 14.1 Å². The van der Waals surface area contributed by atoms with Gasteiger partial charge in [-0.2, -0.15) is 19.8 Å². The van der Waals surface area contributed by atoms with E-state index in [1.807, 2.05) is 26.5 Å². The van der Waals surface area contributed by atoms with Gasteiger partial charge in [0.05, 0.1) is 46.8 Å². The number of hydrogen-bond donors (Lipinski definition) is 1. The zero-order valence-corrected chi connectivity index (χ0v) is 33.8. The molecule has 56 heavy (non-hydrogen) atoms. The number of nitriles is 1. The molecule has 2 aliphatic carbocycles. The number of nitrogens with zero attached hydrogens (tertiary/aromatic N) is 13. The molecular formula is C34H40Cl2N14O4S2. The summed E-state index contributed by atoms with van der Waals surface area (Å²) in [6, 6.07) is 3.13. The van der Waals surface area contributed by atoms with Crippen LogP contribution in [0.4, 0.5) is 17.3 Å². The van der Waals surface area contributed by atoms with Crippen LogP contribution in [-0.2, 0) is 33.2 Å². The second-order valence-electron chi connectivity index (χ2n) is 14.7. The fourth-order valence-corrected chi connectivity index (χ4v) is 10.9. The van der Waals surface area contributed by atoms with E-state index < -0.39 is 19.1 Å². The molecule has 4 aromatic rings. The van der Waals surface area contributed by atoms with Gasteiger partial charge in [-0.25, -0.2) is 41.6 Å². The Morgan fingerprint density at radius 2 is 1.43 bits per heavy atom. The minimum absolute atomic E-state index is 0. The first-order chi connectivity index (χ1) is 26.3. The Balaban J connectivity index is 0.000000147. The van der Waals surface area contributed by atoms with E-state index in [2.05, 4.69) is 56.2 Å². The van der Waals surface area contributed by atoms with Crippen molar-refractivity contribution in [3.63, 3.8) is 0 Å². The lowest BCUT2D eigenvalue weighted by Gasteiger charge is -2.34. The molecule has 296 valence electrons. The van der Waals surface area contributed by atoms with E-state index in [0.29, 0.717) is 53.9 Å². The highest BCUT2D eigenvalue weighted by atomic mass is 35.7. The number of nitrogens with one attached hydrogen (secondary N) is 1. The van der Waals surface area contributed by atoms with Gasteiger partial charge in [-0.05, 0) is 38.5 Å². The first kappa shape index (κ1) is 39.8. The Labute approximate surface area is 335 Å². The Kier molecular flexibility index (Phi) is 11.0. The van der Waals surface area contributed by atoms with Crippen LogP contribution in [0.3, 0.4) is 0 Å². The number of hydrogen-bond acceptors (Lipinski definition) is 14. The maximum Gasteiger partial charge on any atom is 0.246 e. The highest BCUT2D eigenvalue weighted by Gasteiger charge is 2.52. The summed E-state index contributed by atoms with van der Waals surface area (Å²) >= 11 is 0. The monoisotopic (exact) mass is 842 g/mol. The van der Waals surface area contributed by atoms with Crippen molar-refractivity contribution in [3.8, 4) is 28.8 Å². The van der Waals surface area contributed by atoms with Crippen molar-refractivity contribution in [1.29, 1.82) is 5.26 Å². The molecule has 4 aromatic heterocycles. The molecule has 4 bridgehead atoms. The van der Waals surface area contributed by atoms with Crippen molar-refractivity contribution in [2.45, 2.75) is 73.2 Å². The zero-order chi connectivity index (χ0) is 38.6. The van der Waals surface area contributed by atoms with E-state index in [9.17, 15) is 22.1 Å². The molecule has 8 heterocycles. The fraction of sp³-hybridized carbons (Fsp3) is 0.529. The lowest BCUT2D eigenvalue weighted by Crippen LogP contribution is -2.50. The molecule has 4 aliphatic heterocycles. The van der Waals surface area contributed by atoms with Gasteiger partial charge in [-0.1, -0.05) is 0 Å². The number of halogens is 2. The summed E-state index contributed by atoms with van der Waals surface area (Å²) in [6.45, 7) is 10.3. The van der Waals surface area contributed by atoms with Crippen LogP contribution >= 0.6 is 23.1 Å². The Morgan fingerprint density at radius 1 is 0.821 bits per heavy atom. The van der Waals surface area contributed by atoms with Gasteiger partial charge in [0.25, 0.3) is 0 Å². The quantitative estimate of drug-likeness (QED) is 0.210. The van der Waals surface area contributed by atoms with E-state index in [1.165, 1.54) is 6.20 Å². The second kappa shape index (κ2) is 15.5. The highest BCUT2D eigenvalue weighted by molar-refractivity contribution is 8.14. The van der Waals surface area contributed by atoms with Crippen LogP contribution < -0.4 is 15.1 Å². The lowest BCUT2D eigenvalue weighted by atomic mass is 10.2. The topological polar surface area (TPSA) is 205 Å². The van der Waals surface area contributed by atoms with Crippen molar-refractivity contribution in [3.05, 3.63) is 54.2 Å². The molecule has 4 atom stereocenters. The van der Waals surface area contributed by atoms with Gasteiger partial charge in [0.2, 0.25) is 24.8 Å². The van der Waals surface area contributed by atoms with Crippen molar-refractivity contribution in [2.75, 3.05) is 36.0 Å². The smallest absolute Gasteiger partial charge is 0.246 e. The highest BCUT2D eigenvalue weighted by Crippen LogP contribution is 2.41. The first-order valence-corrected chi connectivity index (χ1v) is 21.9. The molecule has 0 unspecified atom stereocenters. The molecule has 10 rings (SSSR count). The molecule has 2 saturated carbocycles. The summed E-state index contributed by atoms with van der Waals surface area (Å²) < 4.78 is 50.6. The number of piperazine rings is 2. The molecule has 0 amide bonds. The third-order valence-electron chi connectivity index (χ3n) is 10.7. The SMILES string of the molecule is Cl.Cn1cc(-c2ncc(C#N)c(N3C[C@@H]4C[C@H]3CN4S(=O)(=O)C3CC3)n2)cn1.O=S(=O)(Cl)C1CC1.[C-]#[N+]c1cnc(-c2cnn(C)c2)nc1N1C[C@@H]2C[C@H]1CN2. The largest absolute Gasteiger partial charge is 0.359 e. The van der Waals surface area contributed by atoms with E-state index in [4.69, 9.17) is 17.3 Å². The maximum atomic E-state index is 12.6. The summed E-state index contributed by atoms with van der Waals surface area (Å²) in [5.74, 6) is 2.48. The number of fused-ring (bicyclic) bond motifs is 4. The van der Waals surface area contributed by atoms with E-state index in [0.717, 1.165) is 68.6 Å². The number of aromatic nitrogens is 8. The standard InChI is InChI=1S/C17H19N7O2S.C14H15N7.C3H5ClO2S.ClH/c1-22-8-12(7-20-22)16-19-6-11(5-18)17(21-16)23-9-14-4-13(23)10-24(14)27(25,26)15-2-3-15;1-15-12-6-17-13(9-4-18-20(2)7-9)19-14(12)21-8-10-3-11(21)5-16-10;4-7(5,6)3-1-2-3;/h6-8,13-15H,2-4,9-10H2,1H3;4,6-7,10-11,16H,3,5,8H2,2H3;3H,1-2H2;1H/t13-,14-;10-,11-;;/m00../s1. The average molecular weight is 844 g/mol. The number of aryl methyl sites for hydroxylation is 2. The summed E-state index contributed by atoms with van der Waals surface area (Å²) in [7, 11) is 2.26. The molecule has 4 saturated heterocycles. The van der Waals surface area contributed by atoms with Gasteiger partial charge >= 0.3 is 0 Å². The van der Waals surface area contributed by atoms with Crippen LogP contribution in [0.2, 0.25) is 0 Å². The van der Waals surface area contributed by atoms with E-state index in [-0.39, 0.29) is 35.0 Å². The third-order valence-corrected chi connectivity index (χ3v) is 15.1. The molecule has 18 nitrogen and oxygen atoms in total. The normalized spacial score (nSPS) is 23.7. The average Bonchev–Trinajstić information content (AvgIpc) is 3.85. The van der Waals surface area contributed by atoms with Crippen molar-refractivity contribution < 1.29 is 16.8 Å². The van der Waals surface area contributed by atoms with Gasteiger partial charge in [-0.3, -0.25) is 9.36 Å². The van der Waals surface area contributed by atoms with Gasteiger partial charge in [0.1, 0.15) is 17.5 Å². The molecule has 0 aromatic carbocycles. The minimum atomic E-state index is -3.17. The van der Waals surface area contributed by atoms with Gasteiger partial charge in [-0.15, -0.1) is 12.4 Å². The molecular weight excluding hydrogens is 804 g/mol. The summed E-state index contributed by atoms with van der Waals surface area (Å²) in [5, 5.41) is 20.9. The van der Waals surface area contributed by atoms with Gasteiger partial charge in [0, 0.05) is 93.7 Å². The summed E-state index contributed by atoms with van der Waals surface area (Å²) in [6.07, 6.45) is 15.3. The summed E-state index contributed by atoms with van der Waals surface area (Å²) in [4.78, 5) is 25.8. The molecule has 22 heteroatoms. The van der Waals surface area contributed by atoms with Crippen molar-refractivity contribution >= 4 is 59.5 Å². The Morgan fingerprint density at radius 3 is 1.88 bits per heavy atom. The maximum absolute atomic E-state index is 12.6. The second-order valence-corrected chi connectivity index (χ2v) is 19.8. The predicted octanol–water partition coefficient (Wildman–Crippen LogP) is 2.62. The fourth-order valence-electron chi connectivity index (χ4n) is 7.61. The van der Waals surface area contributed by atoms with Crippen LogP contribution in [-0.4, -0.2) is 121 Å². The first-order valence-electron chi connectivity index (χ1n) is 18.0. The lowest BCUT2D eigenvalue weighted by molar-refractivity contribution is 0.367.